The molecule has 0 aromatic heterocycles. The van der Waals surface area contributed by atoms with E-state index in [4.69, 9.17) is 27.9 Å². The van der Waals surface area contributed by atoms with Crippen molar-refractivity contribution >= 4 is 52.4 Å². The van der Waals surface area contributed by atoms with Crippen LogP contribution in [0.3, 0.4) is 0 Å². The number of anilines is 2. The zero-order valence-corrected chi connectivity index (χ0v) is 21.5. The molecule has 1 fully saturated rings. The van der Waals surface area contributed by atoms with E-state index in [0.29, 0.717) is 47.2 Å². The summed E-state index contributed by atoms with van der Waals surface area (Å²) in [5, 5.41) is 3.57. The first-order valence-corrected chi connectivity index (χ1v) is 12.8. The number of benzene rings is 3. The number of halogens is 2. The number of amides is 2. The predicted molar refractivity (Wildman–Crippen MR) is 144 cm³/mol. The average Bonchev–Trinajstić information content (AvgIpc) is 2.90. The number of hydrogen-bond donors (Lipinski definition) is 1. The average molecular weight is 538 g/mol. The molecule has 2 aliphatic heterocycles. The van der Waals surface area contributed by atoms with Crippen molar-refractivity contribution in [2.45, 2.75) is 25.5 Å². The molecule has 2 heterocycles. The van der Waals surface area contributed by atoms with Crippen LogP contribution in [-0.4, -0.2) is 48.4 Å². The van der Waals surface area contributed by atoms with Gasteiger partial charge in [0.25, 0.3) is 0 Å². The molecule has 1 N–H and O–H groups in total. The number of piperidine rings is 1. The number of nitrogens with zero attached hydrogens (tertiary/aromatic N) is 2. The van der Waals surface area contributed by atoms with Gasteiger partial charge in [-0.25, -0.2) is 4.79 Å². The number of ether oxygens (including phenoxy) is 1. The van der Waals surface area contributed by atoms with E-state index in [1.54, 1.807) is 41.3 Å². The summed E-state index contributed by atoms with van der Waals surface area (Å²) >= 11 is 12.4. The van der Waals surface area contributed by atoms with Gasteiger partial charge in [-0.05, 0) is 49.2 Å². The maximum absolute atomic E-state index is 13.2. The second kappa shape index (κ2) is 10.9. The Morgan fingerprint density at radius 3 is 2.46 bits per heavy atom. The second-order valence-corrected chi connectivity index (χ2v) is 9.95. The molecule has 5 rings (SSSR count). The highest BCUT2D eigenvalue weighted by Crippen LogP contribution is 2.32. The smallest absolute Gasteiger partial charge is 0.414 e. The Hall–Kier alpha value is -3.39. The lowest BCUT2D eigenvalue weighted by atomic mass is 10.0. The maximum Gasteiger partial charge on any atom is 0.414 e. The van der Waals surface area contributed by atoms with Gasteiger partial charge in [-0.15, -0.1) is 0 Å². The van der Waals surface area contributed by atoms with Crippen molar-refractivity contribution in [2.24, 2.45) is 0 Å². The first-order chi connectivity index (χ1) is 17.9. The summed E-state index contributed by atoms with van der Waals surface area (Å²) < 4.78 is 5.37. The molecule has 190 valence electrons. The highest BCUT2D eigenvalue weighted by Gasteiger charge is 2.34. The van der Waals surface area contributed by atoms with Crippen molar-refractivity contribution < 1.29 is 19.1 Å². The Bertz CT molecular complexity index is 1350. The Morgan fingerprint density at radius 2 is 1.68 bits per heavy atom. The molecule has 0 aliphatic carbocycles. The molecule has 7 nitrogen and oxygen atoms in total. The van der Waals surface area contributed by atoms with Crippen molar-refractivity contribution in [3.8, 4) is 0 Å². The number of nitrogens with one attached hydrogen (secondary N) is 1. The molecular formula is C28H25Cl2N3O4. The molecule has 1 saturated heterocycles. The van der Waals surface area contributed by atoms with E-state index >= 15 is 0 Å². The molecule has 2 amide bonds. The van der Waals surface area contributed by atoms with E-state index in [1.165, 1.54) is 6.07 Å². The zero-order valence-electron chi connectivity index (χ0n) is 20.0. The first-order valence-electron chi connectivity index (χ1n) is 12.1. The molecule has 2 aliphatic rings. The van der Waals surface area contributed by atoms with Crippen molar-refractivity contribution in [2.75, 3.05) is 29.9 Å². The van der Waals surface area contributed by atoms with Gasteiger partial charge < -0.3 is 10.1 Å². The van der Waals surface area contributed by atoms with Crippen molar-refractivity contribution in [1.29, 1.82) is 0 Å². The Morgan fingerprint density at radius 1 is 0.946 bits per heavy atom. The van der Waals surface area contributed by atoms with Crippen LogP contribution in [0.4, 0.5) is 16.2 Å². The molecule has 0 unspecified atom stereocenters. The fourth-order valence-corrected chi connectivity index (χ4v) is 5.25. The van der Waals surface area contributed by atoms with E-state index in [0.717, 1.165) is 11.3 Å². The van der Waals surface area contributed by atoms with Gasteiger partial charge in [0.15, 0.2) is 5.78 Å². The summed E-state index contributed by atoms with van der Waals surface area (Å²) in [5.41, 5.74) is 2.88. The topological polar surface area (TPSA) is 79.0 Å². The summed E-state index contributed by atoms with van der Waals surface area (Å²) in [6.45, 7) is 1.75. The molecule has 3 aromatic carbocycles. The number of likely N-dealkylation sites (tertiary alicyclic amines) is 1. The van der Waals surface area contributed by atoms with Crippen LogP contribution in [0, 0.1) is 0 Å². The summed E-state index contributed by atoms with van der Waals surface area (Å²) in [7, 11) is 0. The largest absolute Gasteiger partial charge is 0.444 e. The molecular weight excluding hydrogens is 513 g/mol. The SMILES string of the molecule is O=C(CN1CCC(N2C(=O)OCc3ccccc32)CC1)Nc1ccc(Cl)cc1C(=O)c1ccccc1Cl. The minimum atomic E-state index is -0.326. The fraction of sp³-hybridized carbons (Fsp3) is 0.250. The molecule has 3 aromatic rings. The van der Waals surface area contributed by atoms with Crippen LogP contribution < -0.4 is 10.2 Å². The van der Waals surface area contributed by atoms with Crippen LogP contribution >= 0.6 is 23.2 Å². The minimum Gasteiger partial charge on any atom is -0.444 e. The maximum atomic E-state index is 13.2. The van der Waals surface area contributed by atoms with Gasteiger partial charge in [-0.2, -0.15) is 0 Å². The molecule has 0 spiro atoms. The monoisotopic (exact) mass is 537 g/mol. The Labute approximate surface area is 224 Å². The van der Waals surface area contributed by atoms with Gasteiger partial charge in [-0.1, -0.05) is 53.5 Å². The van der Waals surface area contributed by atoms with Crippen molar-refractivity contribution in [3.63, 3.8) is 0 Å². The van der Waals surface area contributed by atoms with Crippen LogP contribution in [0.2, 0.25) is 10.0 Å². The van der Waals surface area contributed by atoms with Crippen LogP contribution in [0.25, 0.3) is 0 Å². The minimum absolute atomic E-state index is 0.00405. The third kappa shape index (κ3) is 5.49. The number of ketones is 1. The molecule has 0 radical (unpaired) electrons. The van der Waals surface area contributed by atoms with Crippen molar-refractivity contribution in [1.82, 2.24) is 4.90 Å². The Balaban J connectivity index is 1.23. The van der Waals surface area contributed by atoms with Gasteiger partial charge in [0, 0.05) is 40.8 Å². The number of fused-ring (bicyclic) bond motifs is 1. The van der Waals surface area contributed by atoms with Crippen LogP contribution in [0.1, 0.15) is 34.3 Å². The third-order valence-corrected chi connectivity index (χ3v) is 7.27. The third-order valence-electron chi connectivity index (χ3n) is 6.71. The van der Waals surface area contributed by atoms with Crippen LogP contribution in [-0.2, 0) is 16.1 Å². The number of para-hydroxylation sites is 1. The quantitative estimate of drug-likeness (QED) is 0.403. The van der Waals surface area contributed by atoms with Gasteiger partial charge in [0.2, 0.25) is 5.91 Å². The number of hydrogen-bond acceptors (Lipinski definition) is 5. The fourth-order valence-electron chi connectivity index (χ4n) is 4.85. The normalized spacial score (nSPS) is 16.2. The predicted octanol–water partition coefficient (Wildman–Crippen LogP) is 5.78. The lowest BCUT2D eigenvalue weighted by Gasteiger charge is -2.40. The zero-order chi connectivity index (χ0) is 25.9. The number of cyclic esters (lactones) is 1. The van der Waals surface area contributed by atoms with E-state index < -0.39 is 0 Å². The summed E-state index contributed by atoms with van der Waals surface area (Å²) in [4.78, 5) is 42.4. The highest BCUT2D eigenvalue weighted by atomic mass is 35.5. The van der Waals surface area contributed by atoms with Crippen molar-refractivity contribution in [3.05, 3.63) is 93.5 Å². The molecule has 0 bridgehead atoms. The first kappa shape index (κ1) is 25.3. The summed E-state index contributed by atoms with van der Waals surface area (Å²) in [5.74, 6) is -0.561. The van der Waals surface area contributed by atoms with Crippen LogP contribution in [0.15, 0.2) is 66.7 Å². The Kier molecular flexibility index (Phi) is 7.46. The molecule has 0 atom stereocenters. The summed E-state index contributed by atoms with van der Waals surface area (Å²) in [6.07, 6.45) is 1.11. The molecule has 9 heteroatoms. The molecule has 0 saturated carbocycles. The van der Waals surface area contributed by atoms with Gasteiger partial charge in [-0.3, -0.25) is 19.4 Å². The number of carbonyl (C=O) groups is 3. The highest BCUT2D eigenvalue weighted by molar-refractivity contribution is 6.36. The van der Waals surface area contributed by atoms with Gasteiger partial charge in [0.05, 0.1) is 22.9 Å². The summed E-state index contributed by atoms with van der Waals surface area (Å²) in [6, 6.07) is 19.3. The molecule has 37 heavy (non-hydrogen) atoms. The van der Waals surface area contributed by atoms with E-state index in [9.17, 15) is 14.4 Å². The number of carbonyl (C=O) groups excluding carboxylic acids is 3. The standard InChI is InChI=1S/C28H25Cl2N3O4/c29-19-9-10-24(22(15-19)27(35)21-6-2-3-7-23(21)30)31-26(34)16-32-13-11-20(12-14-32)33-25-8-4-1-5-18(25)17-37-28(33)36/h1-10,15,20H,11-14,16-17H2,(H,31,34). The van der Waals surface area contributed by atoms with E-state index in [1.807, 2.05) is 29.2 Å². The van der Waals surface area contributed by atoms with Gasteiger partial charge >= 0.3 is 6.09 Å². The second-order valence-electron chi connectivity index (χ2n) is 9.11. The lowest BCUT2D eigenvalue weighted by molar-refractivity contribution is -0.117. The van der Waals surface area contributed by atoms with Crippen LogP contribution in [0.5, 0.6) is 0 Å². The van der Waals surface area contributed by atoms with Gasteiger partial charge in [0.1, 0.15) is 6.61 Å². The van der Waals surface area contributed by atoms with E-state index in [-0.39, 0.29) is 42.5 Å². The lowest BCUT2D eigenvalue weighted by Crippen LogP contribution is -2.50. The van der Waals surface area contributed by atoms with E-state index in [2.05, 4.69) is 5.32 Å². The number of rotatable bonds is 6.